The number of aromatic nitrogens is 2. The monoisotopic (exact) mass is 476 g/mol. The number of amides is 2. The number of furan rings is 1. The molecule has 0 aliphatic carbocycles. The summed E-state index contributed by atoms with van der Waals surface area (Å²) in [6, 6.07) is 18.0. The third-order valence-corrected chi connectivity index (χ3v) is 5.87. The Morgan fingerprint density at radius 3 is 2.56 bits per heavy atom. The second kappa shape index (κ2) is 10.8. The van der Waals surface area contributed by atoms with E-state index >= 15 is 0 Å². The highest BCUT2D eigenvalue weighted by Crippen LogP contribution is 2.20. The Labute approximate surface area is 201 Å². The van der Waals surface area contributed by atoms with Gasteiger partial charge in [-0.1, -0.05) is 29.5 Å². The molecule has 2 aromatic carbocycles. The van der Waals surface area contributed by atoms with Crippen LogP contribution in [0.25, 0.3) is 0 Å². The highest BCUT2D eigenvalue weighted by atomic mass is 32.1. The van der Waals surface area contributed by atoms with Gasteiger partial charge in [0.15, 0.2) is 5.01 Å². The second-order valence-corrected chi connectivity index (χ2v) is 8.81. The smallest absolute Gasteiger partial charge is 0.286 e. The number of carbonyl (C=O) groups excluding carboxylic acids is 2. The van der Waals surface area contributed by atoms with E-state index in [4.69, 9.17) is 9.15 Å². The van der Waals surface area contributed by atoms with Crippen molar-refractivity contribution in [2.45, 2.75) is 32.9 Å². The van der Waals surface area contributed by atoms with Gasteiger partial charge in [-0.2, -0.15) is 0 Å². The van der Waals surface area contributed by atoms with E-state index in [1.54, 1.807) is 30.5 Å². The van der Waals surface area contributed by atoms with Crippen LogP contribution in [0.5, 0.6) is 5.75 Å². The van der Waals surface area contributed by atoms with E-state index in [1.165, 1.54) is 11.3 Å². The number of nitrogens with zero attached hydrogens (tertiary/aromatic N) is 2. The lowest BCUT2D eigenvalue weighted by atomic mass is 10.1. The molecule has 2 N–H and O–H groups in total. The minimum absolute atomic E-state index is 0.0839. The van der Waals surface area contributed by atoms with Crippen LogP contribution in [-0.4, -0.2) is 28.1 Å². The van der Waals surface area contributed by atoms with Crippen molar-refractivity contribution in [3.8, 4) is 5.75 Å². The van der Waals surface area contributed by atoms with Crippen molar-refractivity contribution < 1.29 is 18.7 Å². The summed E-state index contributed by atoms with van der Waals surface area (Å²) < 4.78 is 11.1. The Morgan fingerprint density at radius 2 is 1.82 bits per heavy atom. The van der Waals surface area contributed by atoms with Crippen molar-refractivity contribution >= 4 is 28.8 Å². The van der Waals surface area contributed by atoms with E-state index in [9.17, 15) is 9.59 Å². The lowest BCUT2D eigenvalue weighted by molar-refractivity contribution is 0.0938. The van der Waals surface area contributed by atoms with Gasteiger partial charge in [-0.05, 0) is 61.9 Å². The fraction of sp³-hybridized carbons (Fsp3) is 0.200. The van der Waals surface area contributed by atoms with Crippen molar-refractivity contribution in [2.75, 3.05) is 5.32 Å². The van der Waals surface area contributed by atoms with Crippen LogP contribution in [0.1, 0.15) is 43.4 Å². The summed E-state index contributed by atoms with van der Waals surface area (Å²) in [6.45, 7) is 4.11. The van der Waals surface area contributed by atoms with Gasteiger partial charge in [-0.15, -0.1) is 10.2 Å². The molecular formula is C25H24N4O4S. The van der Waals surface area contributed by atoms with Crippen molar-refractivity contribution in [3.63, 3.8) is 0 Å². The number of hydrogen-bond acceptors (Lipinski definition) is 7. The molecule has 0 saturated carbocycles. The summed E-state index contributed by atoms with van der Waals surface area (Å²) >= 11 is 1.17. The molecule has 4 rings (SSSR count). The second-order valence-electron chi connectivity index (χ2n) is 7.74. The first-order valence-electron chi connectivity index (χ1n) is 10.7. The molecule has 9 heteroatoms. The molecular weight excluding hydrogens is 452 g/mol. The fourth-order valence-corrected chi connectivity index (χ4v) is 3.89. The molecule has 0 bridgehead atoms. The highest BCUT2D eigenvalue weighted by molar-refractivity contribution is 7.13. The van der Waals surface area contributed by atoms with Gasteiger partial charge >= 0.3 is 0 Å². The quantitative estimate of drug-likeness (QED) is 0.365. The van der Waals surface area contributed by atoms with E-state index in [2.05, 4.69) is 20.8 Å². The van der Waals surface area contributed by atoms with E-state index in [0.29, 0.717) is 22.7 Å². The standard InChI is InChI=1S/C25H24N4O4S/c1-16-6-3-4-8-21(16)33-15-22-28-29-25(34-22)24(31)27-19-11-9-18(10-12-19)23(30)26-17(2)14-20-7-5-13-32-20/h3-13,17H,14-15H2,1-2H3,(H,26,30)(H,27,31). The molecule has 1 unspecified atom stereocenters. The van der Waals surface area contributed by atoms with Gasteiger partial charge in [0.1, 0.15) is 18.1 Å². The van der Waals surface area contributed by atoms with Crippen LogP contribution in [0, 0.1) is 6.92 Å². The number of aryl methyl sites for hydroxylation is 1. The van der Waals surface area contributed by atoms with Crippen LogP contribution in [0.3, 0.4) is 0 Å². The summed E-state index contributed by atoms with van der Waals surface area (Å²) in [6.07, 6.45) is 2.21. The first kappa shape index (κ1) is 23.2. The lowest BCUT2D eigenvalue weighted by Crippen LogP contribution is -2.33. The van der Waals surface area contributed by atoms with Crippen LogP contribution >= 0.6 is 11.3 Å². The molecule has 0 fully saturated rings. The third-order valence-electron chi connectivity index (χ3n) is 4.98. The van der Waals surface area contributed by atoms with Crippen molar-refractivity contribution in [2.24, 2.45) is 0 Å². The first-order valence-corrected chi connectivity index (χ1v) is 11.5. The van der Waals surface area contributed by atoms with Gasteiger partial charge in [0.2, 0.25) is 5.01 Å². The van der Waals surface area contributed by atoms with Crippen molar-refractivity contribution in [1.82, 2.24) is 15.5 Å². The maximum atomic E-state index is 12.5. The molecule has 0 radical (unpaired) electrons. The minimum atomic E-state index is -0.371. The van der Waals surface area contributed by atoms with Crippen LogP contribution in [0.2, 0.25) is 0 Å². The molecule has 2 aromatic heterocycles. The molecule has 8 nitrogen and oxygen atoms in total. The summed E-state index contributed by atoms with van der Waals surface area (Å²) in [5.74, 6) is 1.01. The van der Waals surface area contributed by atoms with Crippen LogP contribution in [0.15, 0.2) is 71.3 Å². The molecule has 174 valence electrons. The molecule has 0 aliphatic rings. The molecule has 4 aromatic rings. The first-order chi connectivity index (χ1) is 16.5. The zero-order valence-electron chi connectivity index (χ0n) is 18.8. The Morgan fingerprint density at radius 1 is 1.03 bits per heavy atom. The Kier molecular flexibility index (Phi) is 7.34. The van der Waals surface area contributed by atoms with Crippen LogP contribution < -0.4 is 15.4 Å². The van der Waals surface area contributed by atoms with E-state index in [0.717, 1.165) is 17.1 Å². The third kappa shape index (κ3) is 6.08. The summed E-state index contributed by atoms with van der Waals surface area (Å²) in [7, 11) is 0. The number of carbonyl (C=O) groups is 2. The van der Waals surface area contributed by atoms with Crippen molar-refractivity contribution in [3.05, 3.63) is 93.8 Å². The molecule has 0 spiro atoms. The summed E-state index contributed by atoms with van der Waals surface area (Å²) in [5.41, 5.74) is 2.07. The maximum absolute atomic E-state index is 12.5. The van der Waals surface area contributed by atoms with E-state index < -0.39 is 0 Å². The summed E-state index contributed by atoms with van der Waals surface area (Å²) in [5, 5.41) is 14.5. The van der Waals surface area contributed by atoms with Gasteiger partial charge in [-0.3, -0.25) is 9.59 Å². The molecule has 2 heterocycles. The van der Waals surface area contributed by atoms with E-state index in [-0.39, 0.29) is 29.5 Å². The predicted molar refractivity (Wildman–Crippen MR) is 129 cm³/mol. The number of para-hydroxylation sites is 1. The average molecular weight is 477 g/mol. The Bertz CT molecular complexity index is 1250. The summed E-state index contributed by atoms with van der Waals surface area (Å²) in [4.78, 5) is 25.0. The number of benzene rings is 2. The Balaban J connectivity index is 1.29. The largest absolute Gasteiger partial charge is 0.486 e. The van der Waals surface area contributed by atoms with Crippen LogP contribution in [-0.2, 0) is 13.0 Å². The number of nitrogens with one attached hydrogen (secondary N) is 2. The molecule has 0 saturated heterocycles. The Hall–Kier alpha value is -3.98. The van der Waals surface area contributed by atoms with Gasteiger partial charge in [-0.25, -0.2) is 0 Å². The van der Waals surface area contributed by atoms with Crippen LogP contribution in [0.4, 0.5) is 5.69 Å². The minimum Gasteiger partial charge on any atom is -0.486 e. The zero-order chi connectivity index (χ0) is 23.9. The van der Waals surface area contributed by atoms with Gasteiger partial charge in [0.25, 0.3) is 11.8 Å². The normalized spacial score (nSPS) is 11.6. The molecule has 2 amide bonds. The SMILES string of the molecule is Cc1ccccc1OCc1nnc(C(=O)Nc2ccc(C(=O)NC(C)Cc3ccco3)cc2)s1. The number of hydrogen-bond donors (Lipinski definition) is 2. The lowest BCUT2D eigenvalue weighted by Gasteiger charge is -2.13. The molecule has 34 heavy (non-hydrogen) atoms. The number of rotatable bonds is 9. The van der Waals surface area contributed by atoms with Gasteiger partial charge in [0.05, 0.1) is 6.26 Å². The average Bonchev–Trinajstić information content (AvgIpc) is 3.51. The number of ether oxygens (including phenoxy) is 1. The van der Waals surface area contributed by atoms with Gasteiger partial charge in [0, 0.05) is 23.7 Å². The van der Waals surface area contributed by atoms with Crippen molar-refractivity contribution in [1.29, 1.82) is 0 Å². The molecule has 0 aliphatic heterocycles. The highest BCUT2D eigenvalue weighted by Gasteiger charge is 2.15. The molecule has 1 atom stereocenters. The van der Waals surface area contributed by atoms with E-state index in [1.807, 2.05) is 50.2 Å². The fourth-order valence-electron chi connectivity index (χ4n) is 3.24. The zero-order valence-corrected chi connectivity index (χ0v) is 19.6. The maximum Gasteiger partial charge on any atom is 0.286 e. The van der Waals surface area contributed by atoms with Gasteiger partial charge < -0.3 is 19.8 Å². The number of anilines is 1. The predicted octanol–water partition coefficient (Wildman–Crippen LogP) is 4.63. The topological polar surface area (TPSA) is 106 Å².